The van der Waals surface area contributed by atoms with Gasteiger partial charge in [0.15, 0.2) is 0 Å². The van der Waals surface area contributed by atoms with Gasteiger partial charge in [-0.1, -0.05) is 0 Å². The SMILES string of the molecule is CC(=O)O.NC(N)=N/N=C/c1cc([N+](=O)[O-])c(Br)cc1F. The van der Waals surface area contributed by atoms with Gasteiger partial charge in [0, 0.05) is 18.6 Å². The first kappa shape index (κ1) is 18.4. The number of benzene rings is 1. The molecule has 0 aliphatic rings. The third kappa shape index (κ3) is 7.57. The molecule has 0 radical (unpaired) electrons. The Hall–Kier alpha value is -2.56. The second-order valence-corrected chi connectivity index (χ2v) is 4.23. The lowest BCUT2D eigenvalue weighted by Gasteiger charge is -1.99. The van der Waals surface area contributed by atoms with E-state index in [9.17, 15) is 14.5 Å². The molecule has 114 valence electrons. The van der Waals surface area contributed by atoms with E-state index in [1.54, 1.807) is 0 Å². The molecule has 0 bridgehead atoms. The molecule has 0 amide bonds. The van der Waals surface area contributed by atoms with E-state index >= 15 is 0 Å². The average Bonchev–Trinajstić information content (AvgIpc) is 2.30. The molecular formula is C10H11BrFN5O4. The van der Waals surface area contributed by atoms with E-state index in [2.05, 4.69) is 26.1 Å². The zero-order valence-electron chi connectivity index (χ0n) is 10.7. The number of hydrogen-bond donors (Lipinski definition) is 3. The third-order valence-electron chi connectivity index (χ3n) is 1.63. The molecule has 11 heteroatoms. The molecule has 0 saturated heterocycles. The van der Waals surface area contributed by atoms with Crippen LogP contribution in [0.15, 0.2) is 26.8 Å². The lowest BCUT2D eigenvalue weighted by molar-refractivity contribution is -0.385. The second-order valence-electron chi connectivity index (χ2n) is 3.37. The van der Waals surface area contributed by atoms with Crippen LogP contribution in [-0.2, 0) is 4.79 Å². The van der Waals surface area contributed by atoms with E-state index in [-0.39, 0.29) is 21.7 Å². The van der Waals surface area contributed by atoms with Crippen LogP contribution in [0.1, 0.15) is 12.5 Å². The van der Waals surface area contributed by atoms with E-state index in [0.29, 0.717) is 0 Å². The number of carbonyl (C=O) groups is 1. The van der Waals surface area contributed by atoms with Gasteiger partial charge in [-0.15, -0.1) is 5.10 Å². The molecule has 0 aliphatic carbocycles. The van der Waals surface area contributed by atoms with Gasteiger partial charge in [0.1, 0.15) is 5.82 Å². The van der Waals surface area contributed by atoms with Crippen LogP contribution >= 0.6 is 15.9 Å². The monoisotopic (exact) mass is 363 g/mol. The van der Waals surface area contributed by atoms with E-state index in [0.717, 1.165) is 25.3 Å². The molecule has 0 saturated carbocycles. The summed E-state index contributed by atoms with van der Waals surface area (Å²) in [7, 11) is 0. The Balaban J connectivity index is 0.000000885. The Morgan fingerprint density at radius 2 is 2.05 bits per heavy atom. The number of nitrogens with two attached hydrogens (primary N) is 2. The van der Waals surface area contributed by atoms with E-state index in [4.69, 9.17) is 21.4 Å². The van der Waals surface area contributed by atoms with Gasteiger partial charge < -0.3 is 16.6 Å². The molecule has 1 rings (SSSR count). The quantitative estimate of drug-likeness (QED) is 0.316. The van der Waals surface area contributed by atoms with Gasteiger partial charge in [-0.05, 0) is 22.0 Å². The summed E-state index contributed by atoms with van der Waals surface area (Å²) in [5.41, 5.74) is 9.63. The summed E-state index contributed by atoms with van der Waals surface area (Å²) in [5, 5.41) is 24.6. The highest BCUT2D eigenvalue weighted by atomic mass is 79.9. The number of carboxylic acid groups (broad SMARTS) is 1. The number of hydrogen-bond acceptors (Lipinski definition) is 5. The predicted octanol–water partition coefficient (Wildman–Crippen LogP) is 1.19. The molecule has 0 spiro atoms. The Morgan fingerprint density at radius 3 is 2.48 bits per heavy atom. The number of nitro groups is 1. The molecule has 0 aromatic heterocycles. The highest BCUT2D eigenvalue weighted by Gasteiger charge is 2.15. The fourth-order valence-electron chi connectivity index (χ4n) is 0.950. The number of nitro benzene ring substituents is 1. The van der Waals surface area contributed by atoms with Crippen molar-refractivity contribution in [2.45, 2.75) is 6.92 Å². The molecular weight excluding hydrogens is 353 g/mol. The van der Waals surface area contributed by atoms with Crippen molar-refractivity contribution in [1.29, 1.82) is 0 Å². The maximum absolute atomic E-state index is 13.4. The number of carboxylic acids is 1. The summed E-state index contributed by atoms with van der Waals surface area (Å²) in [6.07, 6.45) is 0.981. The van der Waals surface area contributed by atoms with Crippen molar-refractivity contribution in [1.82, 2.24) is 0 Å². The summed E-state index contributed by atoms with van der Waals surface area (Å²) in [4.78, 5) is 19.0. The van der Waals surface area contributed by atoms with Crippen molar-refractivity contribution in [3.63, 3.8) is 0 Å². The molecule has 9 nitrogen and oxygen atoms in total. The minimum Gasteiger partial charge on any atom is -0.481 e. The number of rotatable bonds is 3. The first-order valence-corrected chi connectivity index (χ1v) is 5.89. The standard InChI is InChI=1S/C8H7BrFN5O2.C2H4O2/c9-5-2-6(10)4(1-7(5)15(16)17)3-13-14-8(11)12;1-2(3)4/h1-3H,(H4,11,12,14);1H3,(H,3,4)/b13-3+;. The molecule has 1 aromatic rings. The molecule has 0 heterocycles. The molecule has 5 N–H and O–H groups in total. The zero-order valence-corrected chi connectivity index (χ0v) is 12.2. The minimum absolute atomic E-state index is 0.0407. The summed E-state index contributed by atoms with van der Waals surface area (Å²) in [6.45, 7) is 1.08. The predicted molar refractivity (Wildman–Crippen MR) is 77.5 cm³/mol. The Labute approximate surface area is 126 Å². The second kappa shape index (κ2) is 8.58. The number of halogens is 2. The molecule has 1 aromatic carbocycles. The molecule has 0 unspecified atom stereocenters. The Kier molecular flexibility index (Phi) is 7.53. The lowest BCUT2D eigenvalue weighted by atomic mass is 10.2. The summed E-state index contributed by atoms with van der Waals surface area (Å²) in [5.74, 6) is -1.81. The first-order valence-electron chi connectivity index (χ1n) is 5.10. The summed E-state index contributed by atoms with van der Waals surface area (Å²) >= 11 is 2.88. The number of guanidine groups is 1. The molecule has 0 fully saturated rings. The van der Waals surface area contributed by atoms with Gasteiger partial charge in [0.2, 0.25) is 5.96 Å². The first-order chi connectivity index (χ1) is 9.65. The van der Waals surface area contributed by atoms with Crippen molar-refractivity contribution < 1.29 is 19.2 Å². The fraction of sp³-hybridized carbons (Fsp3) is 0.100. The zero-order chi connectivity index (χ0) is 16.6. The number of nitrogens with zero attached hydrogens (tertiary/aromatic N) is 3. The normalized spacial score (nSPS) is 9.67. The summed E-state index contributed by atoms with van der Waals surface area (Å²) in [6, 6.07) is 1.99. The highest BCUT2D eigenvalue weighted by Crippen LogP contribution is 2.27. The van der Waals surface area contributed by atoms with Crippen LogP contribution in [0.4, 0.5) is 10.1 Å². The van der Waals surface area contributed by atoms with Crippen LogP contribution in [0.2, 0.25) is 0 Å². The van der Waals surface area contributed by atoms with Crippen molar-refractivity contribution >= 4 is 39.8 Å². The summed E-state index contributed by atoms with van der Waals surface area (Å²) < 4.78 is 13.4. The van der Waals surface area contributed by atoms with Crippen LogP contribution in [0.25, 0.3) is 0 Å². The van der Waals surface area contributed by atoms with Gasteiger partial charge in [-0.25, -0.2) is 4.39 Å². The van der Waals surface area contributed by atoms with Crippen LogP contribution in [-0.4, -0.2) is 28.2 Å². The highest BCUT2D eigenvalue weighted by molar-refractivity contribution is 9.10. The van der Waals surface area contributed by atoms with Crippen molar-refractivity contribution in [3.8, 4) is 0 Å². The largest absolute Gasteiger partial charge is 0.481 e. The van der Waals surface area contributed by atoms with Gasteiger partial charge in [0.05, 0.1) is 15.6 Å². The van der Waals surface area contributed by atoms with Crippen LogP contribution in [0, 0.1) is 15.9 Å². The van der Waals surface area contributed by atoms with Crippen LogP contribution < -0.4 is 11.5 Å². The Bertz CT molecular complexity index is 597. The fourth-order valence-corrected chi connectivity index (χ4v) is 1.41. The van der Waals surface area contributed by atoms with Gasteiger partial charge >= 0.3 is 0 Å². The Morgan fingerprint density at radius 1 is 1.52 bits per heavy atom. The molecule has 0 atom stereocenters. The lowest BCUT2D eigenvalue weighted by Crippen LogP contribution is -2.21. The molecule has 21 heavy (non-hydrogen) atoms. The maximum atomic E-state index is 13.4. The van der Waals surface area contributed by atoms with Gasteiger partial charge in [0.25, 0.3) is 11.7 Å². The topological polar surface area (TPSA) is 157 Å². The van der Waals surface area contributed by atoms with Crippen LogP contribution in [0.5, 0.6) is 0 Å². The average molecular weight is 364 g/mol. The maximum Gasteiger partial charge on any atom is 0.300 e. The van der Waals surface area contributed by atoms with Crippen molar-refractivity contribution in [3.05, 3.63) is 38.1 Å². The van der Waals surface area contributed by atoms with E-state index in [1.165, 1.54) is 0 Å². The van der Waals surface area contributed by atoms with E-state index < -0.39 is 16.7 Å². The van der Waals surface area contributed by atoms with Gasteiger partial charge in [-0.2, -0.15) is 5.10 Å². The van der Waals surface area contributed by atoms with E-state index in [1.807, 2.05) is 0 Å². The smallest absolute Gasteiger partial charge is 0.300 e. The molecule has 0 aliphatic heterocycles. The minimum atomic E-state index is -0.833. The van der Waals surface area contributed by atoms with Crippen molar-refractivity contribution in [2.75, 3.05) is 0 Å². The van der Waals surface area contributed by atoms with Gasteiger partial charge in [-0.3, -0.25) is 14.9 Å². The number of aliphatic carboxylic acids is 1. The third-order valence-corrected chi connectivity index (χ3v) is 2.27. The van der Waals surface area contributed by atoms with Crippen molar-refractivity contribution in [2.24, 2.45) is 21.7 Å². The van der Waals surface area contributed by atoms with Crippen LogP contribution in [0.3, 0.4) is 0 Å².